The first-order valence-electron chi connectivity index (χ1n) is 3.16. The van der Waals surface area contributed by atoms with Gasteiger partial charge in [-0.05, 0) is 6.92 Å². The quantitative estimate of drug-likeness (QED) is 0.600. The van der Waals surface area contributed by atoms with E-state index in [1.54, 1.807) is 0 Å². The Kier molecular flexibility index (Phi) is 1.81. The van der Waals surface area contributed by atoms with E-state index in [2.05, 4.69) is 20.5 Å². The van der Waals surface area contributed by atoms with Crippen molar-refractivity contribution in [2.24, 2.45) is 15.2 Å². The van der Waals surface area contributed by atoms with Gasteiger partial charge in [0, 0.05) is 7.05 Å². The van der Waals surface area contributed by atoms with Crippen LogP contribution in [0.2, 0.25) is 0 Å². The largest absolute Gasteiger partial charge is 0.435 e. The molecule has 0 radical (unpaired) electrons. The van der Waals surface area contributed by atoms with E-state index in [9.17, 15) is 13.2 Å². The fourth-order valence-corrected chi connectivity index (χ4v) is 0.622. The Morgan fingerprint density at radius 2 is 2.00 bits per heavy atom. The molecule has 1 atom stereocenters. The van der Waals surface area contributed by atoms with Gasteiger partial charge in [-0.15, -0.1) is 10.2 Å². The third kappa shape index (κ3) is 1.26. The van der Waals surface area contributed by atoms with Gasteiger partial charge in [-0.3, -0.25) is 0 Å². The number of alkyl halides is 3. The molecule has 1 rings (SSSR count). The van der Waals surface area contributed by atoms with Gasteiger partial charge in [-0.25, -0.2) is 4.99 Å². The SMILES string of the molecule is CNC1=NC(C)(C(F)(F)F)N=N1. The molecule has 12 heavy (non-hydrogen) atoms. The van der Waals surface area contributed by atoms with Gasteiger partial charge >= 0.3 is 6.18 Å². The predicted octanol–water partition coefficient (Wildman–Crippen LogP) is 1.31. The van der Waals surface area contributed by atoms with Crippen molar-refractivity contribution in [3.05, 3.63) is 0 Å². The standard InChI is InChI=1S/C5H7F3N4/c1-4(5(6,7)8)10-3(9-2)11-12-4/h1-2H3,(H,9,10). The van der Waals surface area contributed by atoms with Crippen LogP contribution in [0.4, 0.5) is 13.2 Å². The van der Waals surface area contributed by atoms with Crippen LogP contribution in [-0.2, 0) is 0 Å². The number of hydrogen-bond acceptors (Lipinski definition) is 4. The highest BCUT2D eigenvalue weighted by molar-refractivity contribution is 5.81. The third-order valence-electron chi connectivity index (χ3n) is 1.42. The molecule has 7 heteroatoms. The molecule has 0 saturated heterocycles. The molecule has 1 aliphatic heterocycles. The van der Waals surface area contributed by atoms with E-state index < -0.39 is 11.8 Å². The van der Waals surface area contributed by atoms with E-state index in [0.29, 0.717) is 0 Å². The molecule has 0 aromatic carbocycles. The van der Waals surface area contributed by atoms with Crippen molar-refractivity contribution in [1.29, 1.82) is 0 Å². The fraction of sp³-hybridized carbons (Fsp3) is 0.800. The molecule has 0 amide bonds. The molecule has 1 N–H and O–H groups in total. The average Bonchev–Trinajstić information content (AvgIpc) is 2.31. The molecule has 4 nitrogen and oxygen atoms in total. The van der Waals surface area contributed by atoms with E-state index in [1.807, 2.05) is 0 Å². The van der Waals surface area contributed by atoms with Crippen LogP contribution in [0.3, 0.4) is 0 Å². The molecule has 68 valence electrons. The van der Waals surface area contributed by atoms with Crippen molar-refractivity contribution >= 4 is 5.96 Å². The molecule has 1 unspecified atom stereocenters. The highest BCUT2D eigenvalue weighted by atomic mass is 19.4. The van der Waals surface area contributed by atoms with Crippen LogP contribution in [-0.4, -0.2) is 24.8 Å². The second-order valence-corrected chi connectivity index (χ2v) is 2.40. The van der Waals surface area contributed by atoms with E-state index in [-0.39, 0.29) is 5.96 Å². The van der Waals surface area contributed by atoms with Crippen LogP contribution < -0.4 is 5.32 Å². The Labute approximate surface area is 66.6 Å². The van der Waals surface area contributed by atoms with Crippen LogP contribution in [0.1, 0.15) is 6.92 Å². The molecular formula is C5H7F3N4. The highest BCUT2D eigenvalue weighted by Crippen LogP contribution is 2.37. The zero-order valence-corrected chi connectivity index (χ0v) is 6.48. The zero-order valence-electron chi connectivity index (χ0n) is 6.48. The Morgan fingerprint density at radius 1 is 1.42 bits per heavy atom. The summed E-state index contributed by atoms with van der Waals surface area (Å²) in [7, 11) is 1.43. The van der Waals surface area contributed by atoms with E-state index in [1.165, 1.54) is 7.05 Å². The summed E-state index contributed by atoms with van der Waals surface area (Å²) in [4.78, 5) is 3.26. The number of rotatable bonds is 0. The van der Waals surface area contributed by atoms with Crippen molar-refractivity contribution in [3.8, 4) is 0 Å². The van der Waals surface area contributed by atoms with Gasteiger partial charge < -0.3 is 5.32 Å². The normalized spacial score (nSPS) is 28.9. The number of guanidine groups is 1. The number of nitrogens with one attached hydrogen (secondary N) is 1. The van der Waals surface area contributed by atoms with Crippen molar-refractivity contribution in [1.82, 2.24) is 5.32 Å². The summed E-state index contributed by atoms with van der Waals surface area (Å²) < 4.78 is 36.5. The molecule has 1 heterocycles. The number of aliphatic imine (C=N–C) groups is 1. The monoisotopic (exact) mass is 180 g/mol. The number of azo groups is 1. The minimum atomic E-state index is -4.49. The van der Waals surface area contributed by atoms with Crippen molar-refractivity contribution < 1.29 is 13.2 Å². The third-order valence-corrected chi connectivity index (χ3v) is 1.42. The molecule has 0 saturated carbocycles. The summed E-state index contributed by atoms with van der Waals surface area (Å²) in [6.45, 7) is 0.862. The minimum absolute atomic E-state index is 0.102. The lowest BCUT2D eigenvalue weighted by Crippen LogP contribution is -2.37. The van der Waals surface area contributed by atoms with Crippen molar-refractivity contribution in [2.75, 3.05) is 7.05 Å². The van der Waals surface area contributed by atoms with Gasteiger partial charge in [0.25, 0.3) is 5.66 Å². The smallest absolute Gasteiger partial charge is 0.356 e. The van der Waals surface area contributed by atoms with E-state index in [4.69, 9.17) is 0 Å². The van der Waals surface area contributed by atoms with Gasteiger partial charge in [0.15, 0.2) is 0 Å². The lowest BCUT2D eigenvalue weighted by atomic mass is 10.2. The summed E-state index contributed by atoms with van der Waals surface area (Å²) in [6, 6.07) is 0. The van der Waals surface area contributed by atoms with Gasteiger partial charge in [-0.2, -0.15) is 13.2 Å². The topological polar surface area (TPSA) is 49.1 Å². The average molecular weight is 180 g/mol. The Morgan fingerprint density at radius 3 is 2.25 bits per heavy atom. The fourth-order valence-electron chi connectivity index (χ4n) is 0.622. The molecule has 0 aromatic heterocycles. The molecule has 1 aliphatic rings. The van der Waals surface area contributed by atoms with Gasteiger partial charge in [0.1, 0.15) is 0 Å². The lowest BCUT2D eigenvalue weighted by Gasteiger charge is -2.18. The Balaban J connectivity index is 2.93. The molecule has 0 bridgehead atoms. The van der Waals surface area contributed by atoms with Crippen molar-refractivity contribution in [2.45, 2.75) is 18.8 Å². The Bertz CT molecular complexity index is 244. The molecule has 0 spiro atoms. The van der Waals surface area contributed by atoms with Gasteiger partial charge in [-0.1, -0.05) is 0 Å². The molecule has 0 fully saturated rings. The summed E-state index contributed by atoms with van der Waals surface area (Å²) in [5.74, 6) is -0.102. The zero-order chi connectivity index (χ0) is 9.41. The number of hydrogen-bond donors (Lipinski definition) is 1. The molecule has 0 aromatic rings. The first-order valence-corrected chi connectivity index (χ1v) is 3.16. The second-order valence-electron chi connectivity index (χ2n) is 2.40. The van der Waals surface area contributed by atoms with Crippen LogP contribution in [0.25, 0.3) is 0 Å². The summed E-state index contributed by atoms with van der Waals surface area (Å²) in [5, 5.41) is 8.62. The number of halogens is 3. The lowest BCUT2D eigenvalue weighted by molar-refractivity contribution is -0.177. The van der Waals surface area contributed by atoms with E-state index in [0.717, 1.165) is 6.92 Å². The number of nitrogens with zero attached hydrogens (tertiary/aromatic N) is 3. The highest BCUT2D eigenvalue weighted by Gasteiger charge is 2.54. The van der Waals surface area contributed by atoms with Crippen molar-refractivity contribution in [3.63, 3.8) is 0 Å². The molecular weight excluding hydrogens is 173 g/mol. The van der Waals surface area contributed by atoms with Crippen LogP contribution in [0.5, 0.6) is 0 Å². The maximum atomic E-state index is 12.2. The maximum Gasteiger partial charge on any atom is 0.435 e. The Hall–Kier alpha value is -1.14. The minimum Gasteiger partial charge on any atom is -0.356 e. The first-order chi connectivity index (χ1) is 5.39. The maximum absolute atomic E-state index is 12.2. The van der Waals surface area contributed by atoms with Crippen LogP contribution in [0.15, 0.2) is 15.2 Å². The van der Waals surface area contributed by atoms with E-state index >= 15 is 0 Å². The summed E-state index contributed by atoms with van der Waals surface area (Å²) in [5.41, 5.74) is -2.41. The summed E-state index contributed by atoms with van der Waals surface area (Å²) in [6.07, 6.45) is -4.49. The van der Waals surface area contributed by atoms with Crippen LogP contribution in [0, 0.1) is 0 Å². The molecule has 0 aliphatic carbocycles. The van der Waals surface area contributed by atoms with Gasteiger partial charge in [0.05, 0.1) is 0 Å². The summed E-state index contributed by atoms with van der Waals surface area (Å²) >= 11 is 0. The predicted molar refractivity (Wildman–Crippen MR) is 35.8 cm³/mol. The van der Waals surface area contributed by atoms with Gasteiger partial charge in [0.2, 0.25) is 5.96 Å². The first kappa shape index (κ1) is 8.95. The van der Waals surface area contributed by atoms with Crippen LogP contribution >= 0.6 is 0 Å². The second kappa shape index (κ2) is 2.43.